The van der Waals surface area contributed by atoms with E-state index in [4.69, 9.17) is 14.7 Å². The van der Waals surface area contributed by atoms with Gasteiger partial charge in [0.15, 0.2) is 5.82 Å². The number of anilines is 1. The normalized spacial score (nSPS) is 24.1. The Kier molecular flexibility index (Phi) is 5.49. The zero-order valence-corrected chi connectivity index (χ0v) is 22.1. The van der Waals surface area contributed by atoms with Gasteiger partial charge < -0.3 is 15.0 Å². The van der Waals surface area contributed by atoms with Crippen LogP contribution in [0.1, 0.15) is 38.5 Å². The maximum Gasteiger partial charge on any atom is 0.319 e. The molecular weight excluding hydrogens is 491 g/mol. The van der Waals surface area contributed by atoms with E-state index in [1.807, 2.05) is 42.5 Å². The fourth-order valence-electron chi connectivity index (χ4n) is 7.58. The molecule has 200 valence electrons. The number of hydrogen-bond donors (Lipinski definition) is 1. The second-order valence-corrected chi connectivity index (χ2v) is 11.8. The molecule has 2 aromatic heterocycles. The zero-order valence-electron chi connectivity index (χ0n) is 22.1. The van der Waals surface area contributed by atoms with Crippen LogP contribution in [0.2, 0.25) is 0 Å². The molecular formula is C31H33FN6O. The van der Waals surface area contributed by atoms with E-state index in [0.29, 0.717) is 29.8 Å². The molecule has 39 heavy (non-hydrogen) atoms. The summed E-state index contributed by atoms with van der Waals surface area (Å²) >= 11 is 0. The smallest absolute Gasteiger partial charge is 0.319 e. The highest BCUT2D eigenvalue weighted by Crippen LogP contribution is 2.40. The molecule has 0 saturated carbocycles. The predicted octanol–water partition coefficient (Wildman–Crippen LogP) is 4.93. The summed E-state index contributed by atoms with van der Waals surface area (Å²) in [5, 5.41) is 6.35. The first-order chi connectivity index (χ1) is 19.2. The number of ether oxygens (including phenoxy) is 1. The molecule has 0 radical (unpaired) electrons. The molecule has 0 unspecified atom stereocenters. The minimum absolute atomic E-state index is 0.0670. The first-order valence-corrected chi connectivity index (χ1v) is 14.4. The average molecular weight is 525 g/mol. The van der Waals surface area contributed by atoms with E-state index in [2.05, 4.69) is 20.1 Å². The van der Waals surface area contributed by atoms with Crippen LogP contribution in [0.4, 0.5) is 10.2 Å². The number of hydrogen-bond acceptors (Lipinski definition) is 7. The molecule has 4 aromatic rings. The number of benzene rings is 2. The Hall–Kier alpha value is -3.36. The summed E-state index contributed by atoms with van der Waals surface area (Å²) in [4.78, 5) is 19.2. The monoisotopic (exact) mass is 524 g/mol. The lowest BCUT2D eigenvalue weighted by atomic mass is 9.95. The van der Waals surface area contributed by atoms with Crippen LogP contribution in [0, 0.1) is 5.82 Å². The van der Waals surface area contributed by atoms with Gasteiger partial charge in [-0.3, -0.25) is 9.88 Å². The maximum atomic E-state index is 16.5. The summed E-state index contributed by atoms with van der Waals surface area (Å²) in [7, 11) is 0. The Balaban J connectivity index is 1.24. The third kappa shape index (κ3) is 3.87. The van der Waals surface area contributed by atoms with Gasteiger partial charge in [-0.25, -0.2) is 4.39 Å². The van der Waals surface area contributed by atoms with Crippen molar-refractivity contribution in [2.45, 2.75) is 56.1 Å². The number of fused-ring (bicyclic) bond motifs is 5. The number of halogens is 1. The molecule has 4 aliphatic heterocycles. The van der Waals surface area contributed by atoms with Gasteiger partial charge in [-0.15, -0.1) is 0 Å². The minimum Gasteiger partial charge on any atom is -0.461 e. The van der Waals surface area contributed by atoms with E-state index in [0.717, 1.165) is 74.0 Å². The molecule has 0 aliphatic carbocycles. The second kappa shape index (κ2) is 9.10. The highest BCUT2D eigenvalue weighted by molar-refractivity contribution is 5.99. The Morgan fingerprint density at radius 2 is 1.72 bits per heavy atom. The van der Waals surface area contributed by atoms with Crippen molar-refractivity contribution in [3.63, 3.8) is 0 Å². The molecule has 8 heteroatoms. The van der Waals surface area contributed by atoms with Gasteiger partial charge in [-0.1, -0.05) is 42.5 Å². The first-order valence-electron chi connectivity index (χ1n) is 14.4. The minimum atomic E-state index is -0.419. The van der Waals surface area contributed by atoms with Gasteiger partial charge in [-0.05, 0) is 62.4 Å². The Bertz CT molecular complexity index is 1550. The number of aromatic nitrogens is 3. The topological polar surface area (TPSA) is 66.4 Å². The lowest BCUT2D eigenvalue weighted by Gasteiger charge is -2.34. The van der Waals surface area contributed by atoms with E-state index < -0.39 is 5.82 Å². The van der Waals surface area contributed by atoms with Crippen LogP contribution in [0.25, 0.3) is 32.9 Å². The molecule has 1 N–H and O–H groups in total. The molecule has 2 bridgehead atoms. The van der Waals surface area contributed by atoms with Crippen molar-refractivity contribution in [1.82, 2.24) is 25.2 Å². The fraction of sp³-hybridized carbons (Fsp3) is 0.452. The summed E-state index contributed by atoms with van der Waals surface area (Å²) in [5.41, 5.74) is 1.43. The van der Waals surface area contributed by atoms with Crippen molar-refractivity contribution in [3.05, 3.63) is 54.5 Å². The SMILES string of the molecule is Fc1c(-c2cccc3ccccc23)ncc2c(N3C[C@H]4CC[C@@H](C3)N4)nc(OCC34CCCN3CCC4)nc12. The lowest BCUT2D eigenvalue weighted by Crippen LogP contribution is -2.51. The van der Waals surface area contributed by atoms with Gasteiger partial charge in [0.2, 0.25) is 0 Å². The largest absolute Gasteiger partial charge is 0.461 e. The van der Waals surface area contributed by atoms with E-state index in [1.165, 1.54) is 12.8 Å². The Morgan fingerprint density at radius 1 is 0.949 bits per heavy atom. The van der Waals surface area contributed by atoms with Crippen LogP contribution in [-0.4, -0.2) is 70.3 Å². The number of pyridine rings is 1. The fourth-order valence-corrected chi connectivity index (χ4v) is 7.58. The van der Waals surface area contributed by atoms with Crippen molar-refractivity contribution in [3.8, 4) is 17.3 Å². The number of rotatable bonds is 5. The van der Waals surface area contributed by atoms with Gasteiger partial charge in [0.05, 0.1) is 10.9 Å². The standard InChI is InChI=1S/C31H33FN6O/c32-26-27(24-9-3-7-20-6-1-2-8-23(20)24)33-16-25-28(26)35-30(39-19-31-12-4-14-38(31)15-5-13-31)36-29(25)37-17-21-10-11-22(18-37)34-21/h1-3,6-9,16,21-22,34H,4-5,10-15,17-19H2/t21-,22+. The van der Waals surface area contributed by atoms with Crippen LogP contribution in [0.15, 0.2) is 48.7 Å². The Morgan fingerprint density at radius 3 is 2.54 bits per heavy atom. The van der Waals surface area contributed by atoms with Crippen molar-refractivity contribution in [1.29, 1.82) is 0 Å². The summed E-state index contributed by atoms with van der Waals surface area (Å²) in [6, 6.07) is 15.1. The number of nitrogens with zero attached hydrogens (tertiary/aromatic N) is 5. The molecule has 8 rings (SSSR count). The summed E-state index contributed by atoms with van der Waals surface area (Å²) < 4.78 is 22.9. The van der Waals surface area contributed by atoms with Gasteiger partial charge in [0.25, 0.3) is 0 Å². The molecule has 4 aliphatic rings. The van der Waals surface area contributed by atoms with Crippen molar-refractivity contribution < 1.29 is 9.13 Å². The van der Waals surface area contributed by atoms with Crippen molar-refractivity contribution >= 4 is 27.5 Å². The van der Waals surface area contributed by atoms with Crippen LogP contribution in [-0.2, 0) is 0 Å². The maximum absolute atomic E-state index is 16.5. The molecule has 4 saturated heterocycles. The quantitative estimate of drug-likeness (QED) is 0.397. The highest BCUT2D eigenvalue weighted by Gasteiger charge is 2.45. The molecule has 2 aromatic carbocycles. The Labute approximate surface area is 227 Å². The van der Waals surface area contributed by atoms with Crippen LogP contribution in [0.5, 0.6) is 6.01 Å². The van der Waals surface area contributed by atoms with E-state index in [1.54, 1.807) is 6.20 Å². The predicted molar refractivity (Wildman–Crippen MR) is 151 cm³/mol. The van der Waals surface area contributed by atoms with E-state index in [9.17, 15) is 0 Å². The first kappa shape index (κ1) is 23.5. The zero-order chi connectivity index (χ0) is 26.0. The summed E-state index contributed by atoms with van der Waals surface area (Å²) in [6.45, 7) is 4.49. The molecule has 7 nitrogen and oxygen atoms in total. The van der Waals surface area contributed by atoms with Gasteiger partial charge in [0.1, 0.15) is 23.6 Å². The van der Waals surface area contributed by atoms with E-state index in [-0.39, 0.29) is 17.1 Å². The molecule has 0 spiro atoms. The number of piperazine rings is 1. The van der Waals surface area contributed by atoms with Crippen LogP contribution < -0.4 is 15.0 Å². The molecule has 2 atom stereocenters. The van der Waals surface area contributed by atoms with Gasteiger partial charge in [0, 0.05) is 36.9 Å². The van der Waals surface area contributed by atoms with Gasteiger partial charge >= 0.3 is 6.01 Å². The molecule has 4 fully saturated rings. The summed E-state index contributed by atoms with van der Waals surface area (Å²) in [5.74, 6) is 0.313. The molecule has 6 heterocycles. The third-order valence-corrected chi connectivity index (χ3v) is 9.49. The third-order valence-electron chi connectivity index (χ3n) is 9.49. The van der Waals surface area contributed by atoms with E-state index >= 15 is 4.39 Å². The number of nitrogens with one attached hydrogen (secondary N) is 1. The second-order valence-electron chi connectivity index (χ2n) is 11.8. The van der Waals surface area contributed by atoms with Crippen molar-refractivity contribution in [2.24, 2.45) is 0 Å². The van der Waals surface area contributed by atoms with Crippen molar-refractivity contribution in [2.75, 3.05) is 37.7 Å². The average Bonchev–Trinajstić information content (AvgIpc) is 3.65. The van der Waals surface area contributed by atoms with Crippen LogP contribution in [0.3, 0.4) is 0 Å². The van der Waals surface area contributed by atoms with Crippen LogP contribution >= 0.6 is 0 Å². The lowest BCUT2D eigenvalue weighted by molar-refractivity contribution is 0.108. The molecule has 0 amide bonds. The highest BCUT2D eigenvalue weighted by atomic mass is 19.1. The van der Waals surface area contributed by atoms with Gasteiger partial charge in [-0.2, -0.15) is 9.97 Å². The summed E-state index contributed by atoms with van der Waals surface area (Å²) in [6.07, 6.45) is 8.74.